The number of esters is 1. The molecule has 0 saturated carbocycles. The number of rotatable bonds is 5. The summed E-state index contributed by atoms with van der Waals surface area (Å²) in [6, 6.07) is -4.38. The first kappa shape index (κ1) is 9.64. The molecule has 23 heavy (non-hydrogen) atoms. The fourth-order valence-corrected chi connectivity index (χ4v) is 3.13. The Morgan fingerprint density at radius 1 is 1.70 bits per heavy atom. The van der Waals surface area contributed by atoms with E-state index in [2.05, 4.69) is 0 Å². The average molecular weight is 370 g/mol. The normalized spacial score (nSPS) is 29.0. The largest absolute Gasteiger partial charge is 0.463 e. The van der Waals surface area contributed by atoms with Crippen LogP contribution in [0.4, 0.5) is 10.1 Å². The summed E-state index contributed by atoms with van der Waals surface area (Å²) in [6.07, 6.45) is -4.29. The van der Waals surface area contributed by atoms with E-state index in [1.807, 2.05) is 0 Å². The molecule has 0 aliphatic heterocycles. The van der Waals surface area contributed by atoms with E-state index in [-0.39, 0.29) is 6.61 Å². The maximum atomic E-state index is 13.8. The molecule has 0 spiro atoms. The summed E-state index contributed by atoms with van der Waals surface area (Å²) in [5, 5.41) is -4.25. The van der Waals surface area contributed by atoms with Gasteiger partial charge in [0.15, 0.2) is 1.41 Å². The standard InChI is InChI=1S/C15H17ClFNO4S/c1-2-22-15(19)11-5-3-4-6-14(11)23(20,21)18-13-8-7-10(17)9-12(13)16/h5,7-9,14,18H,2-4,6H2,1H3/t14-/m1/s1/i4D2,5D,7D,8D,9D,14D/hD. The van der Waals surface area contributed by atoms with Crippen molar-refractivity contribution in [1.82, 2.24) is 0 Å². The van der Waals surface area contributed by atoms with Gasteiger partial charge in [0, 0.05) is 2.74 Å². The second kappa shape index (κ2) is 7.31. The third-order valence-corrected chi connectivity index (χ3v) is 4.34. The zero-order valence-corrected chi connectivity index (χ0v) is 13.4. The minimum Gasteiger partial charge on any atom is -0.463 e. The number of hydrogen-bond donors (Lipinski definition) is 1. The highest BCUT2D eigenvalue weighted by molar-refractivity contribution is 7.93. The smallest absolute Gasteiger partial charge is 0.335 e. The molecule has 1 aliphatic carbocycles. The molecule has 0 radical (unpaired) electrons. The van der Waals surface area contributed by atoms with Gasteiger partial charge >= 0.3 is 5.97 Å². The minimum atomic E-state index is -5.47. The zero-order chi connectivity index (χ0) is 24.1. The van der Waals surface area contributed by atoms with E-state index >= 15 is 0 Å². The molecular weight excluding hydrogens is 345 g/mol. The SMILES string of the molecule is [2H]C1=C(C(=O)OCC)[C@]([2H])(S(=O)(=O)N([2H])c2c([2H])c([2H])c(F)c([2H])c2Cl)CC([2H])([2H])C1. The van der Waals surface area contributed by atoms with Crippen molar-refractivity contribution in [1.29, 1.82) is 0 Å². The molecule has 126 valence electrons. The van der Waals surface area contributed by atoms with E-state index < -0.39 is 91.4 Å². The van der Waals surface area contributed by atoms with Crippen LogP contribution in [0.2, 0.25) is 6.43 Å². The van der Waals surface area contributed by atoms with Crippen LogP contribution in [0.1, 0.15) is 35.7 Å². The van der Waals surface area contributed by atoms with Crippen molar-refractivity contribution in [3.63, 3.8) is 0 Å². The third-order valence-electron chi connectivity index (χ3n) is 2.68. The summed E-state index contributed by atoms with van der Waals surface area (Å²) in [5.74, 6) is -2.90. The van der Waals surface area contributed by atoms with Crippen molar-refractivity contribution in [3.8, 4) is 0 Å². The number of nitrogens with one attached hydrogen (secondary N) is 1. The van der Waals surface area contributed by atoms with E-state index in [0.717, 1.165) is 0 Å². The number of hydrogen-bond acceptors (Lipinski definition) is 4. The summed E-state index contributed by atoms with van der Waals surface area (Å²) in [5.41, 5.74) is -2.13. The predicted molar refractivity (Wildman–Crippen MR) is 86.3 cm³/mol. The van der Waals surface area contributed by atoms with Gasteiger partial charge in [0.25, 0.3) is 0 Å². The maximum Gasteiger partial charge on any atom is 0.335 e. The fraction of sp³-hybridized carbons (Fsp3) is 0.400. The van der Waals surface area contributed by atoms with Gasteiger partial charge in [0.2, 0.25) is 10.0 Å². The highest BCUT2D eigenvalue weighted by Gasteiger charge is 2.35. The second-order valence-electron chi connectivity index (χ2n) is 4.22. The number of allylic oxidation sites excluding steroid dienone is 1. The summed E-state index contributed by atoms with van der Waals surface area (Å²) in [4.78, 5) is 12.4. The Bertz CT molecular complexity index is 1050. The molecule has 1 aliphatic rings. The van der Waals surface area contributed by atoms with E-state index in [1.54, 1.807) is 0 Å². The number of benzene rings is 1. The molecule has 0 heterocycles. The van der Waals surface area contributed by atoms with Crippen molar-refractivity contribution in [2.75, 3.05) is 11.3 Å². The molecule has 0 bridgehead atoms. The summed E-state index contributed by atoms with van der Waals surface area (Å²) < 4.78 is 108. The van der Waals surface area contributed by atoms with E-state index in [0.29, 0.717) is 0 Å². The summed E-state index contributed by atoms with van der Waals surface area (Å²) in [6.45, 7) is 1.14. The Morgan fingerprint density at radius 3 is 3.13 bits per heavy atom. The van der Waals surface area contributed by atoms with E-state index in [4.69, 9.17) is 27.3 Å². The van der Waals surface area contributed by atoms with Gasteiger partial charge in [0.05, 0.1) is 29.7 Å². The Balaban J connectivity index is 2.80. The highest BCUT2D eigenvalue weighted by Crippen LogP contribution is 2.30. The van der Waals surface area contributed by atoms with Gasteiger partial charge in [-0.2, -0.15) is 0 Å². The molecule has 1 N–H and O–H groups in total. The Morgan fingerprint density at radius 2 is 2.43 bits per heavy atom. The first-order valence-corrected chi connectivity index (χ1v) is 8.21. The number of anilines is 1. The van der Waals surface area contributed by atoms with Gasteiger partial charge in [-0.15, -0.1) is 0 Å². The van der Waals surface area contributed by atoms with Gasteiger partial charge < -0.3 is 4.74 Å². The van der Waals surface area contributed by atoms with Crippen LogP contribution in [0, 0.1) is 5.82 Å². The Labute approximate surface area is 150 Å². The van der Waals surface area contributed by atoms with Crippen LogP contribution in [0.5, 0.6) is 0 Å². The molecule has 1 aromatic rings. The topological polar surface area (TPSA) is 72.5 Å². The van der Waals surface area contributed by atoms with Gasteiger partial charge in [-0.1, -0.05) is 17.7 Å². The molecule has 5 nitrogen and oxygen atoms in total. The highest BCUT2D eigenvalue weighted by atomic mass is 35.5. The van der Waals surface area contributed by atoms with Gasteiger partial charge in [-0.25, -0.2) is 17.6 Å². The molecule has 2 rings (SSSR count). The van der Waals surface area contributed by atoms with E-state index in [1.165, 1.54) is 6.92 Å². The van der Waals surface area contributed by atoms with Crippen LogP contribution in [-0.2, 0) is 19.6 Å². The number of halogens is 2. The van der Waals surface area contributed by atoms with Crippen LogP contribution < -0.4 is 4.72 Å². The first-order chi connectivity index (χ1) is 14.0. The summed E-state index contributed by atoms with van der Waals surface area (Å²) >= 11 is 5.76. The second-order valence-corrected chi connectivity index (χ2v) is 6.22. The molecule has 0 unspecified atom stereocenters. The van der Waals surface area contributed by atoms with Crippen molar-refractivity contribution in [2.24, 2.45) is 0 Å². The maximum absolute atomic E-state index is 13.8. The number of ether oxygens (including phenoxy) is 1. The van der Waals surface area contributed by atoms with Crippen LogP contribution >= 0.6 is 11.6 Å². The van der Waals surface area contributed by atoms with Crippen molar-refractivity contribution in [2.45, 2.75) is 31.4 Å². The Hall–Kier alpha value is -1.60. The number of carbonyl (C=O) groups excluding carboxylic acids is 1. The minimum absolute atomic E-state index is 0.242. The monoisotopic (exact) mass is 369 g/mol. The number of carbonyl (C=O) groups is 1. The number of sulfonamides is 1. The quantitative estimate of drug-likeness (QED) is 0.808. The fourth-order valence-electron chi connectivity index (χ4n) is 1.72. The van der Waals surface area contributed by atoms with Gasteiger partial charge in [-0.05, 0) is 44.3 Å². The molecule has 1 aromatic carbocycles. The average Bonchev–Trinajstić information content (AvgIpc) is 2.63. The van der Waals surface area contributed by atoms with Crippen molar-refractivity contribution < 1.29 is 33.3 Å². The molecule has 1 atom stereocenters. The molecular formula is C15H17ClFNO4S. The Kier molecular flexibility index (Phi) is 3.06. The first-order valence-electron chi connectivity index (χ1n) is 10.3. The molecule has 0 aromatic heterocycles. The third kappa shape index (κ3) is 4.23. The predicted octanol–water partition coefficient (Wildman–Crippen LogP) is 3.26. The lowest BCUT2D eigenvalue weighted by Gasteiger charge is -2.24. The van der Waals surface area contributed by atoms with Crippen LogP contribution in [0.25, 0.3) is 0 Å². The van der Waals surface area contributed by atoms with Crippen LogP contribution in [-0.4, -0.2) is 26.2 Å². The van der Waals surface area contributed by atoms with Crippen LogP contribution in [0.15, 0.2) is 29.8 Å². The molecule has 0 saturated heterocycles. The molecule has 0 fully saturated rings. The van der Waals surface area contributed by atoms with E-state index in [9.17, 15) is 17.6 Å². The summed E-state index contributed by atoms with van der Waals surface area (Å²) in [7, 11) is -5.47. The lowest BCUT2D eigenvalue weighted by atomic mass is 9.99. The lowest BCUT2D eigenvalue weighted by molar-refractivity contribution is -0.138. The molecule has 0 amide bonds. The van der Waals surface area contributed by atoms with Crippen molar-refractivity contribution in [3.05, 3.63) is 40.6 Å². The molecule has 8 heteroatoms. The van der Waals surface area contributed by atoms with Gasteiger partial charge in [-0.3, -0.25) is 4.72 Å². The zero-order valence-electron chi connectivity index (χ0n) is 19.9. The van der Waals surface area contributed by atoms with Gasteiger partial charge in [0.1, 0.15) is 11.0 Å². The van der Waals surface area contributed by atoms with Crippen LogP contribution in [0.3, 0.4) is 0 Å². The lowest BCUT2D eigenvalue weighted by Crippen LogP contribution is -2.34. The van der Waals surface area contributed by atoms with Crippen molar-refractivity contribution >= 4 is 33.3 Å².